The minimum atomic E-state index is 0.0412. The zero-order chi connectivity index (χ0) is 17.4. The van der Waals surface area contributed by atoms with Crippen molar-refractivity contribution in [2.24, 2.45) is 5.41 Å². The molecule has 2 atom stereocenters. The van der Waals surface area contributed by atoms with Crippen LogP contribution < -0.4 is 0 Å². The number of fused-ring (bicyclic) bond motifs is 5. The van der Waals surface area contributed by atoms with Crippen molar-refractivity contribution in [1.29, 1.82) is 0 Å². The molecule has 3 aliphatic carbocycles. The molecule has 2 bridgehead atoms. The van der Waals surface area contributed by atoms with Crippen molar-refractivity contribution >= 4 is 11.6 Å². The number of halogens is 1. The highest BCUT2D eigenvalue weighted by Gasteiger charge is 2.61. The Morgan fingerprint density at radius 3 is 2.36 bits per heavy atom. The predicted molar refractivity (Wildman–Crippen MR) is 101 cm³/mol. The van der Waals surface area contributed by atoms with Gasteiger partial charge in [-0.1, -0.05) is 50.9 Å². The molecule has 1 aromatic heterocycles. The van der Waals surface area contributed by atoms with Crippen molar-refractivity contribution in [3.8, 4) is 0 Å². The van der Waals surface area contributed by atoms with Gasteiger partial charge in [0, 0.05) is 15.9 Å². The zero-order valence-corrected chi connectivity index (χ0v) is 16.0. The van der Waals surface area contributed by atoms with Crippen LogP contribution in [0.4, 0.5) is 0 Å². The van der Waals surface area contributed by atoms with Crippen LogP contribution in [-0.2, 0) is 10.8 Å². The lowest BCUT2D eigenvalue weighted by Gasteiger charge is -2.42. The van der Waals surface area contributed by atoms with Crippen LogP contribution in [0.15, 0.2) is 30.3 Å². The molecule has 0 saturated heterocycles. The van der Waals surface area contributed by atoms with Gasteiger partial charge in [-0.2, -0.15) is 10.2 Å². The lowest BCUT2D eigenvalue weighted by Crippen LogP contribution is -2.37. The summed E-state index contributed by atoms with van der Waals surface area (Å²) < 4.78 is 0. The molecule has 0 aliphatic heterocycles. The van der Waals surface area contributed by atoms with Crippen LogP contribution in [0.5, 0.6) is 0 Å². The van der Waals surface area contributed by atoms with Crippen LogP contribution in [0.25, 0.3) is 0 Å². The van der Waals surface area contributed by atoms with E-state index < -0.39 is 0 Å². The van der Waals surface area contributed by atoms with E-state index in [2.05, 4.69) is 39.0 Å². The molecule has 1 heterocycles. The van der Waals surface area contributed by atoms with Crippen LogP contribution in [0.1, 0.15) is 81.3 Å². The van der Waals surface area contributed by atoms with E-state index in [1.165, 1.54) is 41.8 Å². The lowest BCUT2D eigenvalue weighted by molar-refractivity contribution is 0.226. The third-order valence-electron chi connectivity index (χ3n) is 8.04. The van der Waals surface area contributed by atoms with Gasteiger partial charge in [-0.25, -0.2) is 0 Å². The van der Waals surface area contributed by atoms with Gasteiger partial charge in [-0.15, -0.1) is 0 Å². The van der Waals surface area contributed by atoms with Crippen molar-refractivity contribution in [2.45, 2.75) is 69.6 Å². The second-order valence-corrected chi connectivity index (χ2v) is 9.56. The second-order valence-electron chi connectivity index (χ2n) is 9.12. The molecule has 2 fully saturated rings. The Bertz CT molecular complexity index is 851. The number of rotatable bonds is 2. The van der Waals surface area contributed by atoms with Crippen LogP contribution in [0.3, 0.4) is 0 Å². The van der Waals surface area contributed by atoms with E-state index in [0.717, 1.165) is 17.9 Å². The highest BCUT2D eigenvalue weighted by Crippen LogP contribution is 2.67. The van der Waals surface area contributed by atoms with E-state index in [-0.39, 0.29) is 16.2 Å². The molecule has 2 aromatic rings. The average Bonchev–Trinajstić information content (AvgIpc) is 2.87. The summed E-state index contributed by atoms with van der Waals surface area (Å²) in [6, 6.07) is 10.8. The van der Waals surface area contributed by atoms with Gasteiger partial charge in [0.1, 0.15) is 0 Å². The quantitative estimate of drug-likeness (QED) is 0.685. The highest BCUT2D eigenvalue weighted by atomic mass is 35.5. The molecule has 0 N–H and O–H groups in total. The fraction of sp³-hybridized carbons (Fsp3) is 0.545. The van der Waals surface area contributed by atoms with Crippen LogP contribution in [0.2, 0.25) is 5.02 Å². The maximum atomic E-state index is 6.11. The molecule has 5 rings (SSSR count). The summed E-state index contributed by atoms with van der Waals surface area (Å²) in [5.41, 5.74) is 5.77. The fourth-order valence-electron chi connectivity index (χ4n) is 5.79. The minimum Gasteiger partial charge on any atom is -0.154 e. The number of aromatic nitrogens is 2. The topological polar surface area (TPSA) is 25.8 Å². The Labute approximate surface area is 155 Å². The normalized spacial score (nSPS) is 30.8. The van der Waals surface area contributed by atoms with Crippen molar-refractivity contribution in [2.75, 3.05) is 0 Å². The molecule has 0 spiro atoms. The second kappa shape index (κ2) is 4.85. The number of hydrogen-bond donors (Lipinski definition) is 0. The predicted octanol–water partition coefficient (Wildman–Crippen LogP) is 5.77. The molecule has 25 heavy (non-hydrogen) atoms. The van der Waals surface area contributed by atoms with Gasteiger partial charge in [0.25, 0.3) is 0 Å². The first-order chi connectivity index (χ1) is 11.9. The van der Waals surface area contributed by atoms with Gasteiger partial charge in [-0.3, -0.25) is 0 Å². The molecule has 3 aliphatic rings. The highest BCUT2D eigenvalue weighted by molar-refractivity contribution is 6.30. The first-order valence-corrected chi connectivity index (χ1v) is 9.91. The SMILES string of the molecule is CC1(C)[C@H]2CC[C@]1(C)c1nnc(C3(c4ccc(Cl)cc4)CCC3)cc12. The average molecular weight is 353 g/mol. The van der Waals surface area contributed by atoms with Gasteiger partial charge < -0.3 is 0 Å². The summed E-state index contributed by atoms with van der Waals surface area (Å²) in [7, 11) is 0. The van der Waals surface area contributed by atoms with E-state index in [4.69, 9.17) is 21.8 Å². The molecule has 0 unspecified atom stereocenters. The summed E-state index contributed by atoms with van der Waals surface area (Å²) >= 11 is 6.11. The van der Waals surface area contributed by atoms with Crippen molar-refractivity contribution in [3.63, 3.8) is 0 Å². The third kappa shape index (κ3) is 1.82. The largest absolute Gasteiger partial charge is 0.154 e. The molecule has 2 saturated carbocycles. The summed E-state index contributed by atoms with van der Waals surface area (Å²) in [5, 5.41) is 10.4. The Hall–Kier alpha value is -1.41. The first-order valence-electron chi connectivity index (χ1n) is 9.53. The Kier molecular flexibility index (Phi) is 3.07. The number of benzene rings is 1. The van der Waals surface area contributed by atoms with Gasteiger partial charge in [-0.05, 0) is 66.3 Å². The van der Waals surface area contributed by atoms with Gasteiger partial charge in [0.2, 0.25) is 0 Å². The molecule has 1 aromatic carbocycles. The number of nitrogens with zero attached hydrogens (tertiary/aromatic N) is 2. The van der Waals surface area contributed by atoms with E-state index in [0.29, 0.717) is 5.92 Å². The lowest BCUT2D eigenvalue weighted by atomic mass is 9.62. The molecule has 3 heteroatoms. The maximum absolute atomic E-state index is 6.11. The summed E-state index contributed by atoms with van der Waals surface area (Å²) in [6.45, 7) is 7.24. The van der Waals surface area contributed by atoms with E-state index in [1.807, 2.05) is 12.1 Å². The zero-order valence-electron chi connectivity index (χ0n) is 15.3. The number of hydrogen-bond acceptors (Lipinski definition) is 2. The van der Waals surface area contributed by atoms with E-state index in [1.54, 1.807) is 0 Å². The summed E-state index contributed by atoms with van der Waals surface area (Å²) in [6.07, 6.45) is 6.11. The maximum Gasteiger partial charge on any atom is 0.0739 e. The molecule has 0 amide bonds. The Morgan fingerprint density at radius 1 is 1.00 bits per heavy atom. The van der Waals surface area contributed by atoms with Crippen LogP contribution >= 0.6 is 11.6 Å². The Balaban J connectivity index is 1.63. The van der Waals surface area contributed by atoms with Crippen LogP contribution in [0, 0.1) is 5.41 Å². The van der Waals surface area contributed by atoms with E-state index >= 15 is 0 Å². The fourth-order valence-corrected chi connectivity index (χ4v) is 5.92. The van der Waals surface area contributed by atoms with Gasteiger partial charge in [0.15, 0.2) is 0 Å². The summed E-state index contributed by atoms with van der Waals surface area (Å²) in [4.78, 5) is 0. The standard InChI is InChI=1S/C22H25ClN2/c1-20(2)17-9-12-21(20,3)19-16(17)13-18(24-25-19)22(10-4-11-22)14-5-7-15(23)8-6-14/h5-8,13,17H,4,9-12H2,1-3H3/t17-,21+/m0/s1. The van der Waals surface area contributed by atoms with Gasteiger partial charge in [0.05, 0.1) is 11.4 Å². The third-order valence-corrected chi connectivity index (χ3v) is 8.29. The van der Waals surface area contributed by atoms with Crippen molar-refractivity contribution < 1.29 is 0 Å². The Morgan fingerprint density at radius 2 is 1.72 bits per heavy atom. The molecular weight excluding hydrogens is 328 g/mol. The van der Waals surface area contributed by atoms with E-state index in [9.17, 15) is 0 Å². The smallest absolute Gasteiger partial charge is 0.0739 e. The summed E-state index contributed by atoms with van der Waals surface area (Å²) in [5.74, 6) is 0.629. The van der Waals surface area contributed by atoms with Gasteiger partial charge >= 0.3 is 0 Å². The molecular formula is C22H25ClN2. The minimum absolute atomic E-state index is 0.0412. The van der Waals surface area contributed by atoms with Crippen molar-refractivity contribution in [3.05, 3.63) is 57.9 Å². The first kappa shape index (κ1) is 15.8. The molecule has 0 radical (unpaired) electrons. The molecule has 130 valence electrons. The molecule has 2 nitrogen and oxygen atoms in total. The van der Waals surface area contributed by atoms with Crippen molar-refractivity contribution in [1.82, 2.24) is 10.2 Å². The van der Waals surface area contributed by atoms with Crippen LogP contribution in [-0.4, -0.2) is 10.2 Å². The monoisotopic (exact) mass is 352 g/mol.